The number of methoxy groups -OCH3 is 2. The predicted molar refractivity (Wildman–Crippen MR) is 182 cm³/mol. The van der Waals surface area contributed by atoms with Gasteiger partial charge in [0.15, 0.2) is 0 Å². The van der Waals surface area contributed by atoms with E-state index < -0.39 is 47.6 Å². The van der Waals surface area contributed by atoms with Crippen LogP contribution in [-0.2, 0) is 36.7 Å². The number of benzene rings is 2. The smallest absolute Gasteiger partial charge is 0.408 e. The average Bonchev–Trinajstić information content (AvgIpc) is 2.92. The number of amides is 3. The molecule has 2 aromatic carbocycles. The molecule has 0 unspecified atom stereocenters. The van der Waals surface area contributed by atoms with E-state index in [-0.39, 0.29) is 30.9 Å². The minimum Gasteiger partial charge on any atom is -0.507 e. The fourth-order valence-electron chi connectivity index (χ4n) is 4.23. The first kappa shape index (κ1) is 37.4. The van der Waals surface area contributed by atoms with E-state index in [2.05, 4.69) is 38.5 Å². The van der Waals surface area contributed by atoms with Crippen LogP contribution in [0.5, 0.6) is 11.5 Å². The lowest BCUT2D eigenvalue weighted by molar-refractivity contribution is -0.145. The van der Waals surface area contributed by atoms with Gasteiger partial charge in [0, 0.05) is 12.8 Å². The van der Waals surface area contributed by atoms with Crippen molar-refractivity contribution in [3.05, 3.63) is 54.7 Å². The Balaban J connectivity index is 2.31. The number of esters is 1. The molecule has 3 amide bonds. The summed E-state index contributed by atoms with van der Waals surface area (Å²) in [7, 11) is 2.81. The second-order valence-corrected chi connectivity index (χ2v) is 14.0. The first-order chi connectivity index (χ1) is 20.5. The number of hydrogen-bond donors (Lipinski definition) is 4. The number of hydrogen-bond acceptors (Lipinski definition) is 8. The summed E-state index contributed by atoms with van der Waals surface area (Å²) in [6.45, 7) is 8.92. The maximum atomic E-state index is 13.6. The Labute approximate surface area is 285 Å². The summed E-state index contributed by atoms with van der Waals surface area (Å²) in [6.07, 6.45) is -0.306. The highest BCUT2D eigenvalue weighted by Gasteiger charge is 2.32. The first-order valence-corrected chi connectivity index (χ1v) is 16.2. The molecule has 44 heavy (non-hydrogen) atoms. The van der Waals surface area contributed by atoms with Crippen LogP contribution >= 0.6 is 45.2 Å². The van der Waals surface area contributed by atoms with Crippen LogP contribution in [0.25, 0.3) is 0 Å². The SMILES string of the molecule is COC(=O)[C@H](Cc1ccc(OC)c(I)c1)NC(=O)[C@H](CC(C)C)NC(=O)[C@H](Cc1ccc(O)c(I)c1)NC(=O)OC(C)(C)C. The Kier molecular flexibility index (Phi) is 14.5. The van der Waals surface area contributed by atoms with Crippen molar-refractivity contribution in [3.63, 3.8) is 0 Å². The van der Waals surface area contributed by atoms with Crippen LogP contribution in [-0.4, -0.2) is 66.9 Å². The summed E-state index contributed by atoms with van der Waals surface area (Å²) >= 11 is 4.10. The molecule has 0 fully saturated rings. The zero-order chi connectivity index (χ0) is 33.2. The highest BCUT2D eigenvalue weighted by atomic mass is 127. The summed E-state index contributed by atoms with van der Waals surface area (Å²) in [5.74, 6) is -1.04. The van der Waals surface area contributed by atoms with Gasteiger partial charge in [0.2, 0.25) is 11.8 Å². The lowest BCUT2D eigenvalue weighted by Gasteiger charge is -2.27. The molecule has 11 nitrogen and oxygen atoms in total. The molecular formula is C31H41I2N3O8. The topological polar surface area (TPSA) is 152 Å². The van der Waals surface area contributed by atoms with Crippen molar-refractivity contribution in [2.75, 3.05) is 14.2 Å². The maximum absolute atomic E-state index is 13.6. The minimum atomic E-state index is -1.11. The van der Waals surface area contributed by atoms with Crippen molar-refractivity contribution < 1.29 is 38.5 Å². The number of alkyl carbamates (subject to hydrolysis) is 1. The standard InChI is InChI=1S/C31H41I2N3O8/c1-17(2)12-22(27(38)35-24(29(40)43-7)16-19-9-11-26(42-6)21(33)14-19)34-28(39)23(36-30(41)44-31(3,4)5)15-18-8-10-25(37)20(32)13-18/h8-11,13-14,17,22-24,37H,12,15-16H2,1-7H3,(H,34,39)(H,35,38)(H,36,41)/t22-,23-,24-/m0/s1. The van der Waals surface area contributed by atoms with Crippen LogP contribution in [0.15, 0.2) is 36.4 Å². The van der Waals surface area contributed by atoms with Gasteiger partial charge >= 0.3 is 12.1 Å². The monoisotopic (exact) mass is 837 g/mol. The number of ether oxygens (including phenoxy) is 3. The number of aromatic hydroxyl groups is 1. The van der Waals surface area contributed by atoms with Crippen molar-refractivity contribution in [3.8, 4) is 11.5 Å². The number of carbonyl (C=O) groups excluding carboxylic acids is 4. The second-order valence-electron chi connectivity index (χ2n) is 11.6. The third-order valence-corrected chi connectivity index (χ3v) is 7.96. The maximum Gasteiger partial charge on any atom is 0.408 e. The molecule has 3 atom stereocenters. The minimum absolute atomic E-state index is 0.00161. The van der Waals surface area contributed by atoms with Gasteiger partial charge in [-0.25, -0.2) is 9.59 Å². The van der Waals surface area contributed by atoms with Gasteiger partial charge in [-0.05, 0) is 114 Å². The highest BCUT2D eigenvalue weighted by Crippen LogP contribution is 2.23. The Hall–Kier alpha value is -2.82. The molecule has 4 N–H and O–H groups in total. The molecule has 0 aliphatic heterocycles. The van der Waals surface area contributed by atoms with Gasteiger partial charge in [-0.15, -0.1) is 0 Å². The Bertz CT molecular complexity index is 1330. The van der Waals surface area contributed by atoms with Gasteiger partial charge in [0.25, 0.3) is 0 Å². The van der Waals surface area contributed by atoms with E-state index in [1.165, 1.54) is 13.2 Å². The van der Waals surface area contributed by atoms with E-state index in [0.717, 1.165) is 9.13 Å². The molecule has 0 aliphatic carbocycles. The van der Waals surface area contributed by atoms with Crippen molar-refractivity contribution in [2.24, 2.45) is 5.92 Å². The average molecular weight is 837 g/mol. The lowest BCUT2D eigenvalue weighted by Crippen LogP contribution is -2.57. The van der Waals surface area contributed by atoms with Crippen molar-refractivity contribution in [2.45, 2.75) is 77.6 Å². The number of carbonyl (C=O) groups is 4. The summed E-state index contributed by atoms with van der Waals surface area (Å²) in [5.41, 5.74) is 0.651. The first-order valence-electron chi connectivity index (χ1n) is 14.0. The number of halogens is 2. The van der Waals surface area contributed by atoms with E-state index in [4.69, 9.17) is 14.2 Å². The molecule has 242 valence electrons. The normalized spacial score (nSPS) is 13.3. The summed E-state index contributed by atoms with van der Waals surface area (Å²) in [6, 6.07) is 7.14. The van der Waals surface area contributed by atoms with Crippen molar-refractivity contribution in [1.29, 1.82) is 0 Å². The third-order valence-electron chi connectivity index (χ3n) is 6.26. The van der Waals surface area contributed by atoms with Gasteiger partial charge in [-0.1, -0.05) is 26.0 Å². The van der Waals surface area contributed by atoms with Crippen LogP contribution in [0.2, 0.25) is 0 Å². The molecule has 0 bridgehead atoms. The fourth-order valence-corrected chi connectivity index (χ4v) is 5.61. The van der Waals surface area contributed by atoms with Crippen LogP contribution in [0.3, 0.4) is 0 Å². The van der Waals surface area contributed by atoms with E-state index in [1.54, 1.807) is 52.1 Å². The zero-order valence-electron chi connectivity index (χ0n) is 26.0. The van der Waals surface area contributed by atoms with Crippen LogP contribution in [0.1, 0.15) is 52.2 Å². The fraction of sp³-hybridized carbons (Fsp3) is 0.484. The van der Waals surface area contributed by atoms with E-state index in [1.807, 2.05) is 42.5 Å². The molecule has 0 heterocycles. The summed E-state index contributed by atoms with van der Waals surface area (Å²) in [5, 5.41) is 18.1. The molecule has 13 heteroatoms. The second kappa shape index (κ2) is 17.0. The quantitative estimate of drug-likeness (QED) is 0.171. The van der Waals surface area contributed by atoms with Gasteiger partial charge < -0.3 is 35.3 Å². The molecule has 2 aromatic rings. The van der Waals surface area contributed by atoms with Gasteiger partial charge in [-0.3, -0.25) is 9.59 Å². The molecule has 0 saturated heterocycles. The van der Waals surface area contributed by atoms with Crippen molar-refractivity contribution in [1.82, 2.24) is 16.0 Å². The summed E-state index contributed by atoms with van der Waals surface area (Å²) in [4.78, 5) is 52.6. The van der Waals surface area contributed by atoms with Crippen molar-refractivity contribution >= 4 is 69.1 Å². The molecule has 0 aliphatic rings. The Morgan fingerprint density at radius 3 is 1.89 bits per heavy atom. The van der Waals surface area contributed by atoms with Gasteiger partial charge in [0.1, 0.15) is 35.2 Å². The molecule has 0 aromatic heterocycles. The third kappa shape index (κ3) is 12.3. The van der Waals surface area contributed by atoms with Gasteiger partial charge in [0.05, 0.1) is 21.4 Å². The van der Waals surface area contributed by atoms with Gasteiger partial charge in [-0.2, -0.15) is 0 Å². The molecular weight excluding hydrogens is 796 g/mol. The highest BCUT2D eigenvalue weighted by molar-refractivity contribution is 14.1. The number of nitrogens with one attached hydrogen (secondary N) is 3. The molecule has 0 radical (unpaired) electrons. The molecule has 0 spiro atoms. The number of phenolic OH excluding ortho intramolecular Hbond substituents is 1. The Morgan fingerprint density at radius 1 is 0.818 bits per heavy atom. The van der Waals surface area contributed by atoms with E-state index >= 15 is 0 Å². The van der Waals surface area contributed by atoms with E-state index in [9.17, 15) is 24.3 Å². The predicted octanol–water partition coefficient (Wildman–Crippen LogP) is 4.48. The largest absolute Gasteiger partial charge is 0.507 e. The number of phenols is 1. The number of rotatable bonds is 13. The van der Waals surface area contributed by atoms with Crippen LogP contribution in [0.4, 0.5) is 4.79 Å². The zero-order valence-corrected chi connectivity index (χ0v) is 30.3. The molecule has 0 saturated carbocycles. The molecule has 2 rings (SSSR count). The van der Waals surface area contributed by atoms with Crippen LogP contribution < -0.4 is 20.7 Å². The summed E-state index contributed by atoms with van der Waals surface area (Å²) < 4.78 is 17.1. The Morgan fingerprint density at radius 2 is 1.36 bits per heavy atom. The van der Waals surface area contributed by atoms with E-state index in [0.29, 0.717) is 14.9 Å². The lowest BCUT2D eigenvalue weighted by atomic mass is 10.00. The van der Waals surface area contributed by atoms with Crippen LogP contribution in [0, 0.1) is 13.1 Å².